The van der Waals surface area contributed by atoms with Gasteiger partial charge in [0.15, 0.2) is 0 Å². The minimum atomic E-state index is 0. The van der Waals surface area contributed by atoms with Crippen molar-refractivity contribution >= 4 is 34.8 Å². The van der Waals surface area contributed by atoms with Gasteiger partial charge in [0.1, 0.15) is 5.01 Å². The van der Waals surface area contributed by atoms with E-state index in [1.165, 1.54) is 24.2 Å². The van der Waals surface area contributed by atoms with Crippen LogP contribution in [0.1, 0.15) is 50.5 Å². The molecule has 1 aromatic heterocycles. The van der Waals surface area contributed by atoms with Crippen molar-refractivity contribution in [3.63, 3.8) is 0 Å². The van der Waals surface area contributed by atoms with Crippen LogP contribution in [0.2, 0.25) is 0 Å². The van der Waals surface area contributed by atoms with Crippen LogP contribution in [0.5, 0.6) is 0 Å². The van der Waals surface area contributed by atoms with Gasteiger partial charge in [-0.25, -0.2) is 0 Å². The number of nitrogens with one attached hydrogen (secondary N) is 2. The molecule has 22 heavy (non-hydrogen) atoms. The van der Waals surface area contributed by atoms with E-state index in [1.807, 2.05) is 0 Å². The first kappa shape index (κ1) is 17.6. The molecule has 0 radical (unpaired) electrons. The number of aryl methyl sites for hydroxylation is 1. The van der Waals surface area contributed by atoms with Crippen molar-refractivity contribution in [2.45, 2.75) is 51.9 Å². The Morgan fingerprint density at radius 1 is 1.36 bits per heavy atom. The molecule has 2 aliphatic rings. The molecule has 1 aliphatic carbocycles. The lowest BCUT2D eigenvalue weighted by atomic mass is 9.92. The molecule has 1 spiro atoms. The van der Waals surface area contributed by atoms with E-state index in [0.717, 1.165) is 50.2 Å². The highest BCUT2D eigenvalue weighted by Crippen LogP contribution is 2.58. The average Bonchev–Trinajstić information content (AvgIpc) is 2.99. The number of hydrogen-bond acceptors (Lipinski definition) is 5. The molecule has 1 aromatic rings. The lowest BCUT2D eigenvalue weighted by Crippen LogP contribution is -2.31. The van der Waals surface area contributed by atoms with Gasteiger partial charge in [-0.15, -0.1) is 22.6 Å². The number of unbranched alkanes of at least 4 members (excludes halogenated alkanes) is 2. The van der Waals surface area contributed by atoms with Crippen LogP contribution in [-0.2, 0) is 11.2 Å². The molecule has 5 nitrogen and oxygen atoms in total. The van der Waals surface area contributed by atoms with Crippen molar-refractivity contribution in [1.82, 2.24) is 15.5 Å². The zero-order chi connectivity index (χ0) is 14.7. The van der Waals surface area contributed by atoms with E-state index in [9.17, 15) is 4.79 Å². The Labute approximate surface area is 142 Å². The second-order valence-corrected chi connectivity index (χ2v) is 7.38. The second-order valence-electron chi connectivity index (χ2n) is 6.32. The minimum absolute atomic E-state index is 0. The van der Waals surface area contributed by atoms with Crippen LogP contribution >= 0.6 is 23.7 Å². The molecule has 7 heteroatoms. The van der Waals surface area contributed by atoms with E-state index in [2.05, 4.69) is 27.8 Å². The number of halogens is 1. The Balaban J connectivity index is 0.00000176. The quantitative estimate of drug-likeness (QED) is 0.778. The van der Waals surface area contributed by atoms with E-state index in [4.69, 9.17) is 0 Å². The summed E-state index contributed by atoms with van der Waals surface area (Å²) >= 11 is 1.53. The van der Waals surface area contributed by atoms with Crippen molar-refractivity contribution in [3.8, 4) is 0 Å². The molecular weight excluding hydrogens is 320 g/mol. The van der Waals surface area contributed by atoms with Crippen LogP contribution < -0.4 is 10.6 Å². The van der Waals surface area contributed by atoms with E-state index < -0.39 is 0 Å². The predicted octanol–water partition coefficient (Wildman–Crippen LogP) is 3.02. The van der Waals surface area contributed by atoms with Gasteiger partial charge in [0.25, 0.3) is 0 Å². The largest absolute Gasteiger partial charge is 0.317 e. The molecule has 1 unspecified atom stereocenters. The van der Waals surface area contributed by atoms with Gasteiger partial charge >= 0.3 is 0 Å². The first-order valence-electron chi connectivity index (χ1n) is 8.07. The van der Waals surface area contributed by atoms with E-state index >= 15 is 0 Å². The summed E-state index contributed by atoms with van der Waals surface area (Å²) in [6, 6.07) is 0. The third-order valence-corrected chi connectivity index (χ3v) is 5.70. The zero-order valence-corrected chi connectivity index (χ0v) is 14.7. The number of carbonyl (C=O) groups is 1. The topological polar surface area (TPSA) is 66.9 Å². The maximum Gasteiger partial charge on any atom is 0.229 e. The van der Waals surface area contributed by atoms with Crippen molar-refractivity contribution in [2.24, 2.45) is 11.3 Å². The first-order valence-corrected chi connectivity index (χ1v) is 8.89. The summed E-state index contributed by atoms with van der Waals surface area (Å²) in [6.07, 6.45) is 7.86. The van der Waals surface area contributed by atoms with Gasteiger partial charge in [-0.2, -0.15) is 0 Å². The normalized spacial score (nSPS) is 22.1. The predicted molar refractivity (Wildman–Crippen MR) is 91.7 cm³/mol. The van der Waals surface area contributed by atoms with Crippen LogP contribution in [0.3, 0.4) is 0 Å². The smallest absolute Gasteiger partial charge is 0.229 e. The SMILES string of the molecule is CCCCCc1nnc(NC(=O)C2CC23CCNCC3)s1.Cl. The third kappa shape index (κ3) is 3.97. The Morgan fingerprint density at radius 3 is 2.86 bits per heavy atom. The number of carbonyl (C=O) groups excluding carboxylic acids is 1. The van der Waals surface area contributed by atoms with Gasteiger partial charge in [-0.3, -0.25) is 4.79 Å². The lowest BCUT2D eigenvalue weighted by Gasteiger charge is -2.22. The van der Waals surface area contributed by atoms with Crippen molar-refractivity contribution in [1.29, 1.82) is 0 Å². The molecule has 1 atom stereocenters. The Kier molecular flexibility index (Phi) is 6.17. The molecule has 1 aliphatic heterocycles. The van der Waals surface area contributed by atoms with E-state index in [0.29, 0.717) is 5.13 Å². The molecule has 2 heterocycles. The Hall–Kier alpha value is -0.720. The summed E-state index contributed by atoms with van der Waals surface area (Å²) in [6.45, 7) is 4.28. The number of hydrogen-bond donors (Lipinski definition) is 2. The first-order chi connectivity index (χ1) is 10.2. The molecule has 0 aromatic carbocycles. The summed E-state index contributed by atoms with van der Waals surface area (Å²) in [5.41, 5.74) is 0.282. The summed E-state index contributed by atoms with van der Waals surface area (Å²) in [5.74, 6) is 0.334. The zero-order valence-electron chi connectivity index (χ0n) is 13.1. The van der Waals surface area contributed by atoms with Crippen molar-refractivity contribution in [2.75, 3.05) is 18.4 Å². The number of piperidine rings is 1. The molecule has 0 bridgehead atoms. The molecular formula is C15H25ClN4OS. The molecule has 1 saturated heterocycles. The maximum absolute atomic E-state index is 12.3. The molecule has 2 fully saturated rings. The number of anilines is 1. The van der Waals surface area contributed by atoms with E-state index in [-0.39, 0.29) is 29.6 Å². The Morgan fingerprint density at radius 2 is 2.14 bits per heavy atom. The molecule has 2 N–H and O–H groups in total. The highest BCUT2D eigenvalue weighted by Gasteiger charge is 2.57. The van der Waals surface area contributed by atoms with Crippen LogP contribution in [0.25, 0.3) is 0 Å². The Bertz CT molecular complexity index is 501. The fourth-order valence-electron chi connectivity index (χ4n) is 3.32. The highest BCUT2D eigenvalue weighted by molar-refractivity contribution is 7.15. The average molecular weight is 345 g/mol. The van der Waals surface area contributed by atoms with Crippen LogP contribution in [-0.4, -0.2) is 29.2 Å². The van der Waals surface area contributed by atoms with Gasteiger partial charge in [-0.05, 0) is 44.2 Å². The van der Waals surface area contributed by atoms with Crippen LogP contribution in [0.15, 0.2) is 0 Å². The van der Waals surface area contributed by atoms with Gasteiger partial charge < -0.3 is 10.6 Å². The lowest BCUT2D eigenvalue weighted by molar-refractivity contribution is -0.118. The van der Waals surface area contributed by atoms with Crippen LogP contribution in [0.4, 0.5) is 5.13 Å². The van der Waals surface area contributed by atoms with E-state index in [1.54, 1.807) is 0 Å². The van der Waals surface area contributed by atoms with Crippen molar-refractivity contribution < 1.29 is 4.79 Å². The fraction of sp³-hybridized carbons (Fsp3) is 0.800. The maximum atomic E-state index is 12.3. The second kappa shape index (κ2) is 7.70. The summed E-state index contributed by atoms with van der Waals surface area (Å²) in [7, 11) is 0. The summed E-state index contributed by atoms with van der Waals surface area (Å²) in [5, 5.41) is 16.3. The number of nitrogens with zero attached hydrogens (tertiary/aromatic N) is 2. The minimum Gasteiger partial charge on any atom is -0.317 e. The van der Waals surface area contributed by atoms with Gasteiger partial charge in [-0.1, -0.05) is 31.1 Å². The molecule has 1 saturated carbocycles. The highest BCUT2D eigenvalue weighted by atomic mass is 35.5. The van der Waals surface area contributed by atoms with Gasteiger partial charge in [0, 0.05) is 12.3 Å². The summed E-state index contributed by atoms with van der Waals surface area (Å²) < 4.78 is 0. The number of amides is 1. The third-order valence-electron chi connectivity index (χ3n) is 4.80. The number of rotatable bonds is 6. The van der Waals surface area contributed by atoms with Crippen LogP contribution in [0, 0.1) is 11.3 Å². The van der Waals surface area contributed by atoms with Gasteiger partial charge in [0.05, 0.1) is 0 Å². The standard InChI is InChI=1S/C15H24N4OS.ClH/c1-2-3-4-5-12-18-19-14(21-12)17-13(20)11-10-15(11)6-8-16-9-7-15;/h11,16H,2-10H2,1H3,(H,17,19,20);1H. The molecule has 1 amide bonds. The van der Waals surface area contributed by atoms with Crippen molar-refractivity contribution in [3.05, 3.63) is 5.01 Å². The summed E-state index contributed by atoms with van der Waals surface area (Å²) in [4.78, 5) is 12.3. The van der Waals surface area contributed by atoms with Gasteiger partial charge in [0.2, 0.25) is 11.0 Å². The monoisotopic (exact) mass is 344 g/mol. The molecule has 3 rings (SSSR count). The molecule has 124 valence electrons. The number of aromatic nitrogens is 2. The fourth-order valence-corrected chi connectivity index (χ4v) is 4.10.